The SMILES string of the molecule is C=C(CCc1ccc(C(C)(C)CC)s1)Nc1cnc2ccccc2c1. The Kier molecular flexibility index (Phi) is 5.24. The van der Waals surface area contributed by atoms with Crippen LogP contribution in [-0.2, 0) is 11.8 Å². The van der Waals surface area contributed by atoms with E-state index >= 15 is 0 Å². The lowest BCUT2D eigenvalue weighted by atomic mass is 9.89. The highest BCUT2D eigenvalue weighted by Gasteiger charge is 2.19. The van der Waals surface area contributed by atoms with Crippen molar-refractivity contribution in [1.82, 2.24) is 4.98 Å². The number of anilines is 1. The summed E-state index contributed by atoms with van der Waals surface area (Å²) in [6.07, 6.45) is 4.99. The summed E-state index contributed by atoms with van der Waals surface area (Å²) in [6, 6.07) is 14.8. The third kappa shape index (κ3) is 4.29. The van der Waals surface area contributed by atoms with Crippen molar-refractivity contribution >= 4 is 27.9 Å². The minimum atomic E-state index is 0.273. The number of nitrogens with one attached hydrogen (secondary N) is 1. The van der Waals surface area contributed by atoms with Crippen molar-refractivity contribution in [2.24, 2.45) is 0 Å². The van der Waals surface area contributed by atoms with Crippen LogP contribution in [0.1, 0.15) is 43.4 Å². The van der Waals surface area contributed by atoms with E-state index in [0.29, 0.717) is 0 Å². The first kappa shape index (κ1) is 17.7. The lowest BCUT2D eigenvalue weighted by Gasteiger charge is -2.20. The summed E-state index contributed by atoms with van der Waals surface area (Å²) in [7, 11) is 0. The molecule has 3 heteroatoms. The molecule has 3 aromatic rings. The highest BCUT2D eigenvalue weighted by Crippen LogP contribution is 2.33. The number of aryl methyl sites for hydroxylation is 1. The predicted molar refractivity (Wildman–Crippen MR) is 110 cm³/mol. The second-order valence-corrected chi connectivity index (χ2v) is 8.32. The van der Waals surface area contributed by atoms with Crippen LogP contribution in [0.15, 0.2) is 60.9 Å². The van der Waals surface area contributed by atoms with E-state index in [2.05, 4.69) is 61.9 Å². The normalized spacial score (nSPS) is 11.6. The van der Waals surface area contributed by atoms with Crippen molar-refractivity contribution in [1.29, 1.82) is 0 Å². The summed E-state index contributed by atoms with van der Waals surface area (Å²) in [5, 5.41) is 4.54. The molecule has 25 heavy (non-hydrogen) atoms. The van der Waals surface area contributed by atoms with Crippen LogP contribution >= 0.6 is 11.3 Å². The van der Waals surface area contributed by atoms with Crippen LogP contribution in [-0.4, -0.2) is 4.98 Å². The molecule has 2 aromatic heterocycles. The summed E-state index contributed by atoms with van der Waals surface area (Å²) in [6.45, 7) is 11.1. The summed E-state index contributed by atoms with van der Waals surface area (Å²) in [5.41, 5.74) is 3.32. The molecule has 2 heterocycles. The maximum absolute atomic E-state index is 4.49. The Morgan fingerprint density at radius 3 is 2.80 bits per heavy atom. The van der Waals surface area contributed by atoms with Gasteiger partial charge in [0, 0.05) is 20.8 Å². The largest absolute Gasteiger partial charge is 0.358 e. The molecule has 0 fully saturated rings. The molecule has 0 unspecified atom stereocenters. The molecule has 0 aliphatic rings. The number of pyridine rings is 1. The first-order chi connectivity index (χ1) is 12.0. The van der Waals surface area contributed by atoms with Crippen LogP contribution in [0.25, 0.3) is 10.9 Å². The molecular weight excluding hydrogens is 324 g/mol. The van der Waals surface area contributed by atoms with Gasteiger partial charge in [0.1, 0.15) is 0 Å². The quantitative estimate of drug-likeness (QED) is 0.523. The van der Waals surface area contributed by atoms with Gasteiger partial charge in [-0.05, 0) is 48.9 Å². The van der Waals surface area contributed by atoms with Crippen LogP contribution in [0, 0.1) is 0 Å². The van der Waals surface area contributed by atoms with E-state index in [4.69, 9.17) is 0 Å². The first-order valence-electron chi connectivity index (χ1n) is 8.87. The number of allylic oxidation sites excluding steroid dienone is 1. The molecule has 3 rings (SSSR count). The smallest absolute Gasteiger partial charge is 0.0703 e. The van der Waals surface area contributed by atoms with E-state index < -0.39 is 0 Å². The Hall–Kier alpha value is -2.13. The van der Waals surface area contributed by atoms with Crippen LogP contribution < -0.4 is 5.32 Å². The van der Waals surface area contributed by atoms with E-state index in [0.717, 1.165) is 41.5 Å². The molecule has 0 atom stereocenters. The molecule has 0 aliphatic heterocycles. The molecule has 0 radical (unpaired) electrons. The van der Waals surface area contributed by atoms with Gasteiger partial charge in [-0.3, -0.25) is 4.98 Å². The molecule has 2 nitrogen and oxygen atoms in total. The Balaban J connectivity index is 1.59. The average Bonchev–Trinajstić information content (AvgIpc) is 3.10. The van der Waals surface area contributed by atoms with Crippen LogP contribution in [0.2, 0.25) is 0 Å². The Morgan fingerprint density at radius 2 is 2.00 bits per heavy atom. The maximum Gasteiger partial charge on any atom is 0.0703 e. The average molecular weight is 351 g/mol. The molecule has 0 spiro atoms. The van der Waals surface area contributed by atoms with Gasteiger partial charge in [-0.15, -0.1) is 11.3 Å². The summed E-state index contributed by atoms with van der Waals surface area (Å²) < 4.78 is 0. The predicted octanol–water partition coefficient (Wildman–Crippen LogP) is 6.54. The fourth-order valence-corrected chi connectivity index (χ4v) is 3.91. The molecule has 1 aromatic carbocycles. The van der Waals surface area contributed by atoms with Crippen molar-refractivity contribution < 1.29 is 0 Å². The minimum Gasteiger partial charge on any atom is -0.358 e. The van der Waals surface area contributed by atoms with Gasteiger partial charge in [-0.1, -0.05) is 45.5 Å². The number of hydrogen-bond acceptors (Lipinski definition) is 3. The number of nitrogens with zero attached hydrogens (tertiary/aromatic N) is 1. The fourth-order valence-electron chi connectivity index (χ4n) is 2.73. The summed E-state index contributed by atoms with van der Waals surface area (Å²) in [5.74, 6) is 0. The van der Waals surface area contributed by atoms with Gasteiger partial charge in [0.05, 0.1) is 17.4 Å². The van der Waals surface area contributed by atoms with Crippen LogP contribution in [0.4, 0.5) is 5.69 Å². The number of benzene rings is 1. The van der Waals surface area contributed by atoms with E-state index in [1.807, 2.05) is 35.7 Å². The van der Waals surface area contributed by atoms with Crippen molar-refractivity contribution in [3.8, 4) is 0 Å². The highest BCUT2D eigenvalue weighted by molar-refractivity contribution is 7.12. The zero-order valence-electron chi connectivity index (χ0n) is 15.3. The Labute approximate surface area is 154 Å². The van der Waals surface area contributed by atoms with E-state index in [-0.39, 0.29) is 5.41 Å². The van der Waals surface area contributed by atoms with E-state index in [1.54, 1.807) is 0 Å². The van der Waals surface area contributed by atoms with Crippen molar-refractivity contribution in [3.63, 3.8) is 0 Å². The number of thiophene rings is 1. The van der Waals surface area contributed by atoms with Gasteiger partial charge in [-0.25, -0.2) is 0 Å². The van der Waals surface area contributed by atoms with Gasteiger partial charge >= 0.3 is 0 Å². The van der Waals surface area contributed by atoms with Crippen molar-refractivity contribution in [3.05, 3.63) is 70.7 Å². The lowest BCUT2D eigenvalue weighted by Crippen LogP contribution is -2.12. The minimum absolute atomic E-state index is 0.273. The number of aromatic nitrogens is 1. The third-order valence-electron chi connectivity index (χ3n) is 4.80. The number of para-hydroxylation sites is 1. The number of rotatable bonds is 7. The first-order valence-corrected chi connectivity index (χ1v) is 9.68. The van der Waals surface area contributed by atoms with E-state index in [9.17, 15) is 0 Å². The summed E-state index contributed by atoms with van der Waals surface area (Å²) in [4.78, 5) is 7.39. The maximum atomic E-state index is 4.49. The standard InChI is InChI=1S/C22H26N2S/c1-5-22(3,4)21-13-12-19(25-21)11-10-16(2)24-18-14-17-8-6-7-9-20(17)23-15-18/h6-9,12-15,24H,2,5,10-11H2,1,3-4H3. The molecule has 130 valence electrons. The lowest BCUT2D eigenvalue weighted by molar-refractivity contribution is 0.517. The Bertz CT molecular complexity index is 876. The molecule has 0 aliphatic carbocycles. The van der Waals surface area contributed by atoms with Crippen molar-refractivity contribution in [2.75, 3.05) is 5.32 Å². The van der Waals surface area contributed by atoms with Gasteiger partial charge in [0.25, 0.3) is 0 Å². The van der Waals surface area contributed by atoms with Crippen LogP contribution in [0.3, 0.4) is 0 Å². The van der Waals surface area contributed by atoms with E-state index in [1.165, 1.54) is 9.75 Å². The van der Waals surface area contributed by atoms with Crippen molar-refractivity contribution in [2.45, 2.75) is 45.4 Å². The molecule has 0 bridgehead atoms. The number of hydrogen-bond donors (Lipinski definition) is 1. The van der Waals surface area contributed by atoms with Gasteiger partial charge < -0.3 is 5.32 Å². The second-order valence-electron chi connectivity index (χ2n) is 7.15. The van der Waals surface area contributed by atoms with Gasteiger partial charge in [0.15, 0.2) is 0 Å². The molecule has 0 saturated heterocycles. The Morgan fingerprint density at radius 1 is 1.20 bits per heavy atom. The fraction of sp³-hybridized carbons (Fsp3) is 0.318. The molecular formula is C22H26N2S. The topological polar surface area (TPSA) is 24.9 Å². The molecule has 1 N–H and O–H groups in total. The van der Waals surface area contributed by atoms with Gasteiger partial charge in [-0.2, -0.15) is 0 Å². The zero-order chi connectivity index (χ0) is 17.9. The zero-order valence-corrected chi connectivity index (χ0v) is 16.1. The second kappa shape index (κ2) is 7.40. The van der Waals surface area contributed by atoms with Crippen LogP contribution in [0.5, 0.6) is 0 Å². The van der Waals surface area contributed by atoms with Gasteiger partial charge in [0.2, 0.25) is 0 Å². The highest BCUT2D eigenvalue weighted by atomic mass is 32.1. The summed E-state index contributed by atoms with van der Waals surface area (Å²) >= 11 is 1.93. The molecule has 0 amide bonds. The third-order valence-corrected chi connectivity index (χ3v) is 6.31. The number of fused-ring (bicyclic) bond motifs is 1. The monoisotopic (exact) mass is 350 g/mol. The molecule has 0 saturated carbocycles.